The van der Waals surface area contributed by atoms with E-state index in [2.05, 4.69) is 22.2 Å². The largest absolute Gasteiger partial charge is 0.377 e. The first-order chi connectivity index (χ1) is 7.75. The molecule has 0 bridgehead atoms. The second-order valence-corrected chi connectivity index (χ2v) is 3.90. The number of nitrogens with zero attached hydrogens (tertiary/aromatic N) is 2. The minimum absolute atomic E-state index is 0.214. The van der Waals surface area contributed by atoms with E-state index in [4.69, 9.17) is 11.6 Å². The summed E-state index contributed by atoms with van der Waals surface area (Å²) >= 11 is 5.72. The van der Waals surface area contributed by atoms with Crippen LogP contribution in [0.25, 0.3) is 0 Å². The number of rotatable bonds is 3. The van der Waals surface area contributed by atoms with E-state index < -0.39 is 0 Å². The van der Waals surface area contributed by atoms with Crippen LogP contribution in [0.15, 0.2) is 42.9 Å². The summed E-state index contributed by atoms with van der Waals surface area (Å²) in [6.07, 6.45) is 5.29. The Morgan fingerprint density at radius 2 is 1.94 bits per heavy atom. The minimum atomic E-state index is 0.214. The summed E-state index contributed by atoms with van der Waals surface area (Å²) in [7, 11) is 0. The third kappa shape index (κ3) is 2.70. The average Bonchev–Trinajstić information content (AvgIpc) is 2.33. The van der Waals surface area contributed by atoms with E-state index >= 15 is 0 Å². The Kier molecular flexibility index (Phi) is 3.37. The molecule has 0 aliphatic heterocycles. The third-order valence-electron chi connectivity index (χ3n) is 2.32. The number of pyridine rings is 2. The molecule has 2 aromatic rings. The van der Waals surface area contributed by atoms with E-state index in [-0.39, 0.29) is 6.04 Å². The number of anilines is 1. The molecule has 4 heteroatoms. The Labute approximate surface area is 99.5 Å². The fourth-order valence-corrected chi connectivity index (χ4v) is 1.56. The van der Waals surface area contributed by atoms with Crippen molar-refractivity contribution in [2.75, 3.05) is 5.32 Å². The number of hydrogen-bond donors (Lipinski definition) is 1. The van der Waals surface area contributed by atoms with Crippen molar-refractivity contribution in [3.63, 3.8) is 0 Å². The molecule has 2 aromatic heterocycles. The van der Waals surface area contributed by atoms with E-state index in [9.17, 15) is 0 Å². The van der Waals surface area contributed by atoms with Crippen molar-refractivity contribution in [1.29, 1.82) is 0 Å². The molecule has 3 nitrogen and oxygen atoms in total. The molecule has 0 aliphatic rings. The maximum Gasteiger partial charge on any atom is 0.129 e. The topological polar surface area (TPSA) is 37.8 Å². The van der Waals surface area contributed by atoms with Gasteiger partial charge in [-0.3, -0.25) is 4.98 Å². The maximum absolute atomic E-state index is 5.72. The molecule has 1 N–H and O–H groups in total. The summed E-state index contributed by atoms with van der Waals surface area (Å²) in [5.74, 6) is 0. The van der Waals surface area contributed by atoms with E-state index in [0.717, 1.165) is 5.69 Å². The molecule has 0 fully saturated rings. The lowest BCUT2D eigenvalue weighted by Gasteiger charge is -2.14. The Bertz CT molecular complexity index is 442. The fourth-order valence-electron chi connectivity index (χ4n) is 1.45. The molecule has 2 rings (SSSR count). The van der Waals surface area contributed by atoms with Crippen molar-refractivity contribution < 1.29 is 0 Å². The molecule has 0 spiro atoms. The molecule has 16 heavy (non-hydrogen) atoms. The van der Waals surface area contributed by atoms with Crippen molar-refractivity contribution in [3.05, 3.63) is 53.6 Å². The monoisotopic (exact) mass is 233 g/mol. The predicted molar refractivity (Wildman–Crippen MR) is 65.5 cm³/mol. The average molecular weight is 234 g/mol. The maximum atomic E-state index is 5.72. The van der Waals surface area contributed by atoms with Crippen LogP contribution in [0.3, 0.4) is 0 Å². The normalized spacial score (nSPS) is 12.1. The fraction of sp³-hybridized carbons (Fsp3) is 0.167. The van der Waals surface area contributed by atoms with Crippen molar-refractivity contribution in [2.45, 2.75) is 13.0 Å². The Morgan fingerprint density at radius 3 is 2.56 bits per heavy atom. The first kappa shape index (κ1) is 10.9. The van der Waals surface area contributed by atoms with Gasteiger partial charge in [0.25, 0.3) is 0 Å². The van der Waals surface area contributed by atoms with E-state index in [0.29, 0.717) is 5.15 Å². The lowest BCUT2D eigenvalue weighted by molar-refractivity contribution is 0.879. The van der Waals surface area contributed by atoms with Gasteiger partial charge in [-0.1, -0.05) is 11.6 Å². The zero-order chi connectivity index (χ0) is 11.4. The number of nitrogens with one attached hydrogen (secondary N) is 1. The zero-order valence-electron chi connectivity index (χ0n) is 8.89. The highest BCUT2D eigenvalue weighted by atomic mass is 35.5. The van der Waals surface area contributed by atoms with Crippen LogP contribution in [0.4, 0.5) is 5.69 Å². The minimum Gasteiger partial charge on any atom is -0.377 e. The summed E-state index contributed by atoms with van der Waals surface area (Å²) in [5.41, 5.74) is 2.14. The van der Waals surface area contributed by atoms with Gasteiger partial charge >= 0.3 is 0 Å². The van der Waals surface area contributed by atoms with Gasteiger partial charge in [0.1, 0.15) is 5.15 Å². The van der Waals surface area contributed by atoms with Crippen LogP contribution in [0, 0.1) is 0 Å². The molecule has 0 radical (unpaired) electrons. The molecular formula is C12H12ClN3. The smallest absolute Gasteiger partial charge is 0.129 e. The molecule has 0 aromatic carbocycles. The second kappa shape index (κ2) is 4.94. The first-order valence-corrected chi connectivity index (χ1v) is 5.41. The van der Waals surface area contributed by atoms with Crippen LogP contribution >= 0.6 is 11.6 Å². The first-order valence-electron chi connectivity index (χ1n) is 5.04. The lowest BCUT2D eigenvalue weighted by Crippen LogP contribution is -2.06. The summed E-state index contributed by atoms with van der Waals surface area (Å²) < 4.78 is 0. The third-order valence-corrected chi connectivity index (χ3v) is 2.54. The molecule has 0 saturated heterocycles. The molecular weight excluding hydrogens is 222 g/mol. The van der Waals surface area contributed by atoms with Crippen LogP contribution < -0.4 is 5.32 Å². The van der Waals surface area contributed by atoms with E-state index in [1.54, 1.807) is 24.7 Å². The highest BCUT2D eigenvalue weighted by Gasteiger charge is 2.04. The van der Waals surface area contributed by atoms with E-state index in [1.807, 2.05) is 18.2 Å². The number of halogens is 1. The van der Waals surface area contributed by atoms with Crippen LogP contribution in [0.1, 0.15) is 18.5 Å². The number of aromatic nitrogens is 2. The molecule has 1 unspecified atom stereocenters. The van der Waals surface area contributed by atoms with Crippen LogP contribution in [-0.2, 0) is 0 Å². The summed E-state index contributed by atoms with van der Waals surface area (Å²) in [4.78, 5) is 8.01. The molecule has 0 aliphatic carbocycles. The van der Waals surface area contributed by atoms with Crippen LogP contribution in [0.5, 0.6) is 0 Å². The van der Waals surface area contributed by atoms with Crippen molar-refractivity contribution in [2.24, 2.45) is 0 Å². The zero-order valence-corrected chi connectivity index (χ0v) is 9.65. The van der Waals surface area contributed by atoms with Crippen LogP contribution in [-0.4, -0.2) is 9.97 Å². The van der Waals surface area contributed by atoms with Gasteiger partial charge in [0.05, 0.1) is 11.9 Å². The second-order valence-electron chi connectivity index (χ2n) is 3.52. The highest BCUT2D eigenvalue weighted by molar-refractivity contribution is 6.29. The van der Waals surface area contributed by atoms with Gasteiger partial charge in [0, 0.05) is 18.4 Å². The van der Waals surface area contributed by atoms with Crippen molar-refractivity contribution in [3.8, 4) is 0 Å². The molecule has 2 heterocycles. The van der Waals surface area contributed by atoms with Gasteiger partial charge in [-0.15, -0.1) is 0 Å². The highest BCUT2D eigenvalue weighted by Crippen LogP contribution is 2.18. The van der Waals surface area contributed by atoms with Gasteiger partial charge < -0.3 is 5.32 Å². The quantitative estimate of drug-likeness (QED) is 0.827. The van der Waals surface area contributed by atoms with Crippen molar-refractivity contribution >= 4 is 17.3 Å². The number of hydrogen-bond acceptors (Lipinski definition) is 3. The predicted octanol–water partition coefficient (Wildman–Crippen LogP) is 3.30. The summed E-state index contributed by atoms with van der Waals surface area (Å²) in [6, 6.07) is 7.86. The van der Waals surface area contributed by atoms with Gasteiger partial charge in [-0.2, -0.15) is 0 Å². The molecule has 0 amide bonds. The molecule has 0 saturated carbocycles. The lowest BCUT2D eigenvalue weighted by atomic mass is 10.1. The SMILES string of the molecule is CC(Nc1ccc(Cl)nc1)c1ccncc1. The molecule has 1 atom stereocenters. The Morgan fingerprint density at radius 1 is 1.19 bits per heavy atom. The van der Waals surface area contributed by atoms with Gasteiger partial charge in [-0.05, 0) is 36.8 Å². The van der Waals surface area contributed by atoms with Gasteiger partial charge in [-0.25, -0.2) is 4.98 Å². The van der Waals surface area contributed by atoms with Gasteiger partial charge in [0.15, 0.2) is 0 Å². The van der Waals surface area contributed by atoms with Gasteiger partial charge in [0.2, 0.25) is 0 Å². The summed E-state index contributed by atoms with van der Waals surface area (Å²) in [5, 5.41) is 3.84. The van der Waals surface area contributed by atoms with E-state index in [1.165, 1.54) is 5.56 Å². The standard InChI is InChI=1S/C12H12ClN3/c1-9(10-4-6-14-7-5-10)16-11-2-3-12(13)15-8-11/h2-9,16H,1H3. The summed E-state index contributed by atoms with van der Waals surface area (Å²) in [6.45, 7) is 2.09. The Hall–Kier alpha value is -1.61. The van der Waals surface area contributed by atoms with Crippen LogP contribution in [0.2, 0.25) is 5.15 Å². The Balaban J connectivity index is 2.08. The van der Waals surface area contributed by atoms with Crippen molar-refractivity contribution in [1.82, 2.24) is 9.97 Å². The molecule has 82 valence electrons.